The second-order valence-electron chi connectivity index (χ2n) is 5.98. The van der Waals surface area contributed by atoms with Gasteiger partial charge in [-0.1, -0.05) is 60.7 Å². The topological polar surface area (TPSA) is 35.5 Å². The van der Waals surface area contributed by atoms with E-state index in [9.17, 15) is 4.79 Å². The summed E-state index contributed by atoms with van der Waals surface area (Å²) >= 11 is 0. The van der Waals surface area contributed by atoms with Crippen LogP contribution in [0.25, 0.3) is 0 Å². The number of carbonyl (C=O) groups excluding carboxylic acids is 1. The van der Waals surface area contributed by atoms with E-state index in [0.29, 0.717) is 25.2 Å². The summed E-state index contributed by atoms with van der Waals surface area (Å²) in [6, 6.07) is 27.3. The predicted molar refractivity (Wildman–Crippen MR) is 103 cm³/mol. The summed E-state index contributed by atoms with van der Waals surface area (Å²) in [6.45, 7) is 0.975. The van der Waals surface area contributed by atoms with Gasteiger partial charge >= 0.3 is 5.97 Å². The van der Waals surface area contributed by atoms with Gasteiger partial charge in [0, 0.05) is 12.8 Å². The van der Waals surface area contributed by atoms with Crippen molar-refractivity contribution in [3.8, 4) is 5.75 Å². The van der Waals surface area contributed by atoms with Crippen molar-refractivity contribution in [2.45, 2.75) is 12.8 Å². The van der Waals surface area contributed by atoms with Crippen molar-refractivity contribution in [2.24, 2.45) is 0 Å². The third-order valence-electron chi connectivity index (χ3n) is 4.06. The van der Waals surface area contributed by atoms with Crippen LogP contribution >= 0.6 is 0 Å². The second kappa shape index (κ2) is 9.42. The zero-order chi connectivity index (χ0) is 18.0. The van der Waals surface area contributed by atoms with Crippen LogP contribution in [0, 0.1) is 0 Å². The minimum Gasteiger partial charge on any atom is -0.493 e. The molecule has 132 valence electrons. The first-order chi connectivity index (χ1) is 12.8. The Hall–Kier alpha value is -3.07. The molecule has 0 atom stereocenters. The molecule has 0 fully saturated rings. The molecule has 0 spiro atoms. The number of esters is 1. The average molecular weight is 346 g/mol. The number of ether oxygens (including phenoxy) is 2. The van der Waals surface area contributed by atoms with Gasteiger partial charge in [0.15, 0.2) is 0 Å². The lowest BCUT2D eigenvalue weighted by Gasteiger charge is -2.08. The van der Waals surface area contributed by atoms with Gasteiger partial charge in [0.25, 0.3) is 0 Å². The fraction of sp³-hybridized carbons (Fsp3) is 0.174. The maximum Gasteiger partial charge on any atom is 0.338 e. The van der Waals surface area contributed by atoms with Crippen molar-refractivity contribution in [3.63, 3.8) is 0 Å². The molecule has 0 amide bonds. The van der Waals surface area contributed by atoms with Gasteiger partial charge in [0.05, 0.1) is 18.8 Å². The van der Waals surface area contributed by atoms with Gasteiger partial charge in [0.2, 0.25) is 0 Å². The summed E-state index contributed by atoms with van der Waals surface area (Å²) in [4.78, 5) is 12.1. The molecule has 0 unspecified atom stereocenters. The fourth-order valence-electron chi connectivity index (χ4n) is 2.61. The molecular formula is C23H22O3. The van der Waals surface area contributed by atoms with E-state index in [4.69, 9.17) is 9.47 Å². The Balaban J connectivity index is 1.42. The molecule has 3 nitrogen and oxygen atoms in total. The lowest BCUT2D eigenvalue weighted by atomic mass is 10.2. The third kappa shape index (κ3) is 5.49. The van der Waals surface area contributed by atoms with Gasteiger partial charge < -0.3 is 9.47 Å². The molecule has 0 aliphatic rings. The lowest BCUT2D eigenvalue weighted by Crippen LogP contribution is -2.08. The van der Waals surface area contributed by atoms with E-state index < -0.39 is 0 Å². The quantitative estimate of drug-likeness (QED) is 0.554. The maximum atomic E-state index is 12.1. The van der Waals surface area contributed by atoms with Crippen molar-refractivity contribution in [3.05, 3.63) is 102 Å². The van der Waals surface area contributed by atoms with Gasteiger partial charge in [-0.2, -0.15) is 0 Å². The Morgan fingerprint density at radius 1 is 0.654 bits per heavy atom. The predicted octanol–water partition coefficient (Wildman–Crippen LogP) is 4.71. The molecule has 0 aromatic heterocycles. The van der Waals surface area contributed by atoms with Crippen molar-refractivity contribution in [1.82, 2.24) is 0 Å². The Morgan fingerprint density at radius 2 is 1.19 bits per heavy atom. The fourth-order valence-corrected chi connectivity index (χ4v) is 2.61. The lowest BCUT2D eigenvalue weighted by molar-refractivity contribution is 0.0509. The molecule has 0 N–H and O–H groups in total. The van der Waals surface area contributed by atoms with Gasteiger partial charge in [-0.25, -0.2) is 4.79 Å². The van der Waals surface area contributed by atoms with Crippen molar-refractivity contribution >= 4 is 5.97 Å². The number of benzene rings is 3. The smallest absolute Gasteiger partial charge is 0.338 e. The van der Waals surface area contributed by atoms with E-state index in [0.717, 1.165) is 17.7 Å². The van der Waals surface area contributed by atoms with Gasteiger partial charge in [-0.3, -0.25) is 0 Å². The molecule has 3 aromatic carbocycles. The standard InChI is InChI=1S/C23H22O3/c24-23(26-18-16-20-9-5-2-6-10-20)21-11-13-22(14-12-21)25-17-15-19-7-3-1-4-8-19/h1-14H,15-18H2. The molecular weight excluding hydrogens is 324 g/mol. The Morgan fingerprint density at radius 3 is 1.77 bits per heavy atom. The van der Waals surface area contributed by atoms with Gasteiger partial charge in [-0.15, -0.1) is 0 Å². The minimum atomic E-state index is -0.309. The zero-order valence-electron chi connectivity index (χ0n) is 14.6. The molecule has 0 radical (unpaired) electrons. The SMILES string of the molecule is O=C(OCCc1ccccc1)c1ccc(OCCc2ccccc2)cc1. The van der Waals surface area contributed by atoms with Crippen molar-refractivity contribution < 1.29 is 14.3 Å². The van der Waals surface area contributed by atoms with Crippen LogP contribution in [0.4, 0.5) is 0 Å². The molecule has 0 saturated heterocycles. The Kier molecular flexibility index (Phi) is 6.43. The molecule has 3 aromatic rings. The van der Waals surface area contributed by atoms with E-state index >= 15 is 0 Å². The van der Waals surface area contributed by atoms with E-state index in [1.807, 2.05) is 48.5 Å². The summed E-state index contributed by atoms with van der Waals surface area (Å²) in [5.41, 5.74) is 2.93. The van der Waals surface area contributed by atoms with Gasteiger partial charge in [0.1, 0.15) is 5.75 Å². The molecule has 0 heterocycles. The molecule has 0 aliphatic heterocycles. The summed E-state index contributed by atoms with van der Waals surface area (Å²) < 4.78 is 11.1. The third-order valence-corrected chi connectivity index (χ3v) is 4.06. The molecule has 0 saturated carbocycles. The molecule has 26 heavy (non-hydrogen) atoms. The minimum absolute atomic E-state index is 0.309. The first kappa shape index (κ1) is 17.7. The molecule has 3 rings (SSSR count). The number of rotatable bonds is 8. The van der Waals surface area contributed by atoms with Crippen LogP contribution in [-0.2, 0) is 17.6 Å². The average Bonchev–Trinajstić information content (AvgIpc) is 2.70. The van der Waals surface area contributed by atoms with Crippen LogP contribution in [0.15, 0.2) is 84.9 Å². The summed E-state index contributed by atoms with van der Waals surface area (Å²) in [6.07, 6.45) is 1.57. The van der Waals surface area contributed by atoms with Crippen LogP contribution in [0.5, 0.6) is 5.75 Å². The first-order valence-electron chi connectivity index (χ1n) is 8.79. The van der Waals surface area contributed by atoms with Crippen LogP contribution in [0.3, 0.4) is 0 Å². The highest BCUT2D eigenvalue weighted by Gasteiger charge is 2.07. The summed E-state index contributed by atoms with van der Waals surface area (Å²) in [7, 11) is 0. The summed E-state index contributed by atoms with van der Waals surface area (Å²) in [5, 5.41) is 0. The van der Waals surface area contributed by atoms with E-state index in [-0.39, 0.29) is 5.97 Å². The molecule has 3 heteroatoms. The van der Waals surface area contributed by atoms with Crippen LogP contribution in [0.1, 0.15) is 21.5 Å². The van der Waals surface area contributed by atoms with Gasteiger partial charge in [-0.05, 0) is 35.4 Å². The van der Waals surface area contributed by atoms with Crippen LogP contribution in [-0.4, -0.2) is 19.2 Å². The second-order valence-corrected chi connectivity index (χ2v) is 5.98. The molecule has 0 aliphatic carbocycles. The first-order valence-corrected chi connectivity index (χ1v) is 8.79. The highest BCUT2D eigenvalue weighted by atomic mass is 16.5. The number of carbonyl (C=O) groups is 1. The van der Waals surface area contributed by atoms with Crippen molar-refractivity contribution in [1.29, 1.82) is 0 Å². The number of hydrogen-bond acceptors (Lipinski definition) is 3. The van der Waals surface area contributed by atoms with E-state index in [1.165, 1.54) is 5.56 Å². The Bertz CT molecular complexity index is 796. The zero-order valence-corrected chi connectivity index (χ0v) is 14.6. The monoisotopic (exact) mass is 346 g/mol. The van der Waals surface area contributed by atoms with E-state index in [2.05, 4.69) is 12.1 Å². The normalized spacial score (nSPS) is 10.3. The highest BCUT2D eigenvalue weighted by molar-refractivity contribution is 5.89. The largest absolute Gasteiger partial charge is 0.493 e. The van der Waals surface area contributed by atoms with Crippen LogP contribution in [0.2, 0.25) is 0 Å². The highest BCUT2D eigenvalue weighted by Crippen LogP contribution is 2.14. The summed E-state index contributed by atoms with van der Waals surface area (Å²) in [5.74, 6) is 0.443. The Labute approximate surface area is 154 Å². The van der Waals surface area contributed by atoms with Crippen LogP contribution < -0.4 is 4.74 Å². The maximum absolute atomic E-state index is 12.1. The molecule has 0 bridgehead atoms. The van der Waals surface area contributed by atoms with Crippen molar-refractivity contribution in [2.75, 3.05) is 13.2 Å². The number of hydrogen-bond donors (Lipinski definition) is 0. The van der Waals surface area contributed by atoms with E-state index in [1.54, 1.807) is 24.3 Å².